The molecular formula is C20H35N5OS. The number of nitrogens with zero attached hydrogens (tertiary/aromatic N) is 4. The Kier molecular flexibility index (Phi) is 7.09. The predicted octanol–water partition coefficient (Wildman–Crippen LogP) is 2.97. The summed E-state index contributed by atoms with van der Waals surface area (Å²) in [5, 5.41) is 8.28. The third-order valence-corrected chi connectivity index (χ3v) is 7.52. The molecule has 1 aromatic heterocycles. The van der Waals surface area contributed by atoms with Crippen LogP contribution in [-0.2, 0) is 17.8 Å². The maximum Gasteiger partial charge on any atom is 0.193 e. The molecule has 2 heterocycles. The van der Waals surface area contributed by atoms with E-state index in [0.29, 0.717) is 11.4 Å². The maximum atomic E-state index is 5.20. The number of guanidine groups is 1. The Morgan fingerprint density at radius 1 is 1.30 bits per heavy atom. The van der Waals surface area contributed by atoms with Gasteiger partial charge in [0.2, 0.25) is 0 Å². The van der Waals surface area contributed by atoms with Crippen LogP contribution in [0.15, 0.2) is 4.99 Å². The van der Waals surface area contributed by atoms with Gasteiger partial charge in [0, 0.05) is 55.5 Å². The van der Waals surface area contributed by atoms with E-state index in [0.717, 1.165) is 37.8 Å². The highest BCUT2D eigenvalue weighted by Gasteiger charge is 2.38. The zero-order valence-electron chi connectivity index (χ0n) is 17.4. The van der Waals surface area contributed by atoms with Crippen molar-refractivity contribution in [1.82, 2.24) is 20.0 Å². The summed E-state index contributed by atoms with van der Waals surface area (Å²) in [4.78, 5) is 7.07. The van der Waals surface area contributed by atoms with E-state index in [1.165, 1.54) is 49.1 Å². The van der Waals surface area contributed by atoms with E-state index in [2.05, 4.69) is 45.9 Å². The Morgan fingerprint density at radius 2 is 2.07 bits per heavy atom. The Bertz CT molecular complexity index is 646. The fraction of sp³-hybridized carbons (Fsp3) is 0.800. The minimum atomic E-state index is 0.449. The molecule has 152 valence electrons. The van der Waals surface area contributed by atoms with Gasteiger partial charge in [0.1, 0.15) is 0 Å². The number of nitrogens with one attached hydrogen (secondary N) is 1. The quantitative estimate of drug-likeness (QED) is 0.616. The molecule has 1 aliphatic carbocycles. The molecule has 2 aliphatic rings. The van der Waals surface area contributed by atoms with Crippen molar-refractivity contribution in [3.63, 3.8) is 0 Å². The van der Waals surface area contributed by atoms with E-state index in [1.807, 2.05) is 11.7 Å². The summed E-state index contributed by atoms with van der Waals surface area (Å²) in [5.74, 6) is 2.23. The maximum absolute atomic E-state index is 5.20. The SMILES string of the molecule is CN=C(NCc1c(C)nn(CCOC)c1C)N1CCSC2(CCCCC2)C1. The van der Waals surface area contributed by atoms with Crippen molar-refractivity contribution in [1.29, 1.82) is 0 Å². The number of rotatable bonds is 5. The molecule has 1 spiro atoms. The Labute approximate surface area is 168 Å². The first-order valence-electron chi connectivity index (χ1n) is 10.2. The van der Waals surface area contributed by atoms with E-state index >= 15 is 0 Å². The van der Waals surface area contributed by atoms with Crippen LogP contribution in [-0.4, -0.2) is 65.0 Å². The molecule has 2 fully saturated rings. The fourth-order valence-corrected chi connectivity index (χ4v) is 5.98. The topological polar surface area (TPSA) is 54.7 Å². The first-order valence-corrected chi connectivity index (χ1v) is 11.2. The predicted molar refractivity (Wildman–Crippen MR) is 114 cm³/mol. The fourth-order valence-electron chi connectivity index (χ4n) is 4.41. The monoisotopic (exact) mass is 393 g/mol. The molecule has 0 aromatic carbocycles. The Balaban J connectivity index is 1.63. The number of methoxy groups -OCH3 is 1. The van der Waals surface area contributed by atoms with Gasteiger partial charge in [-0.3, -0.25) is 9.67 Å². The molecule has 27 heavy (non-hydrogen) atoms. The van der Waals surface area contributed by atoms with Gasteiger partial charge in [-0.15, -0.1) is 0 Å². The molecule has 0 bridgehead atoms. The molecule has 0 radical (unpaired) electrons. The van der Waals surface area contributed by atoms with E-state index < -0.39 is 0 Å². The number of ether oxygens (including phenoxy) is 1. The van der Waals surface area contributed by atoms with Gasteiger partial charge in [-0.25, -0.2) is 0 Å². The zero-order valence-corrected chi connectivity index (χ0v) is 18.2. The molecule has 0 amide bonds. The Morgan fingerprint density at radius 3 is 2.78 bits per heavy atom. The van der Waals surface area contributed by atoms with Crippen LogP contribution in [0.4, 0.5) is 0 Å². The van der Waals surface area contributed by atoms with Crippen molar-refractivity contribution in [3.8, 4) is 0 Å². The van der Waals surface area contributed by atoms with Crippen molar-refractivity contribution < 1.29 is 4.74 Å². The van der Waals surface area contributed by atoms with E-state index in [4.69, 9.17) is 4.74 Å². The average molecular weight is 394 g/mol. The number of aromatic nitrogens is 2. The number of aryl methyl sites for hydroxylation is 1. The molecule has 1 aromatic rings. The smallest absolute Gasteiger partial charge is 0.193 e. The second kappa shape index (κ2) is 9.32. The van der Waals surface area contributed by atoms with Gasteiger partial charge in [-0.05, 0) is 26.7 Å². The summed E-state index contributed by atoms with van der Waals surface area (Å²) in [7, 11) is 3.63. The van der Waals surface area contributed by atoms with Crippen molar-refractivity contribution in [2.45, 2.75) is 63.8 Å². The molecule has 3 rings (SSSR count). The molecule has 0 unspecified atom stereocenters. The van der Waals surface area contributed by atoms with Crippen LogP contribution in [0, 0.1) is 13.8 Å². The number of hydrogen-bond acceptors (Lipinski definition) is 4. The van der Waals surface area contributed by atoms with E-state index in [9.17, 15) is 0 Å². The highest BCUT2D eigenvalue weighted by molar-refractivity contribution is 8.00. The third-order valence-electron chi connectivity index (χ3n) is 5.99. The second-order valence-electron chi connectivity index (χ2n) is 7.78. The molecule has 1 aliphatic heterocycles. The number of aliphatic imine (C=N–C) groups is 1. The van der Waals surface area contributed by atoms with E-state index in [-0.39, 0.29) is 0 Å². The lowest BCUT2D eigenvalue weighted by Crippen LogP contribution is -2.53. The summed E-state index contributed by atoms with van der Waals surface area (Å²) in [6.07, 6.45) is 6.88. The molecule has 6 nitrogen and oxygen atoms in total. The Hall–Kier alpha value is -1.21. The summed E-state index contributed by atoms with van der Waals surface area (Å²) in [6.45, 7) is 8.69. The van der Waals surface area contributed by atoms with Crippen molar-refractivity contribution in [2.75, 3.05) is 39.6 Å². The van der Waals surface area contributed by atoms with Gasteiger partial charge in [0.05, 0.1) is 18.8 Å². The summed E-state index contributed by atoms with van der Waals surface area (Å²) in [6, 6.07) is 0. The van der Waals surface area contributed by atoms with Crippen molar-refractivity contribution in [3.05, 3.63) is 17.0 Å². The highest BCUT2D eigenvalue weighted by atomic mass is 32.2. The zero-order chi connectivity index (χ0) is 19.3. The third kappa shape index (κ3) is 4.80. The van der Waals surface area contributed by atoms with Gasteiger partial charge < -0.3 is 15.0 Å². The lowest BCUT2D eigenvalue weighted by molar-refractivity contribution is 0.182. The van der Waals surface area contributed by atoms with Crippen LogP contribution in [0.5, 0.6) is 0 Å². The van der Waals surface area contributed by atoms with Crippen LogP contribution in [0.3, 0.4) is 0 Å². The van der Waals surface area contributed by atoms with Crippen LogP contribution in [0.1, 0.15) is 49.1 Å². The first kappa shape index (κ1) is 20.5. The van der Waals surface area contributed by atoms with Crippen LogP contribution >= 0.6 is 11.8 Å². The van der Waals surface area contributed by atoms with Crippen LogP contribution in [0.2, 0.25) is 0 Å². The summed E-state index contributed by atoms with van der Waals surface area (Å²) in [5.41, 5.74) is 3.57. The molecule has 1 N–H and O–H groups in total. The van der Waals surface area contributed by atoms with Gasteiger partial charge in [-0.1, -0.05) is 19.3 Å². The summed E-state index contributed by atoms with van der Waals surface area (Å²) >= 11 is 2.20. The minimum Gasteiger partial charge on any atom is -0.383 e. The molecule has 1 saturated carbocycles. The summed E-state index contributed by atoms with van der Waals surface area (Å²) < 4.78 is 7.69. The first-order chi connectivity index (χ1) is 13.1. The minimum absolute atomic E-state index is 0.449. The largest absolute Gasteiger partial charge is 0.383 e. The average Bonchev–Trinajstić information content (AvgIpc) is 2.95. The lowest BCUT2D eigenvalue weighted by Gasteiger charge is -2.45. The standard InChI is InChI=1S/C20H35N5OS/c1-16-18(17(2)25(23-16)10-12-26-4)14-22-19(21-3)24-11-13-27-20(15-24)8-6-5-7-9-20/h5-15H2,1-4H3,(H,21,22). The number of hydrogen-bond donors (Lipinski definition) is 1. The van der Waals surface area contributed by atoms with Crippen molar-refractivity contribution >= 4 is 17.7 Å². The van der Waals surface area contributed by atoms with Gasteiger partial charge in [0.15, 0.2) is 5.96 Å². The lowest BCUT2D eigenvalue weighted by atomic mass is 9.87. The van der Waals surface area contributed by atoms with Gasteiger partial charge in [-0.2, -0.15) is 16.9 Å². The normalized spacial score (nSPS) is 20.3. The van der Waals surface area contributed by atoms with E-state index in [1.54, 1.807) is 7.11 Å². The molecule has 1 saturated heterocycles. The molecule has 7 heteroatoms. The van der Waals surface area contributed by atoms with Crippen LogP contribution < -0.4 is 5.32 Å². The van der Waals surface area contributed by atoms with Gasteiger partial charge >= 0.3 is 0 Å². The van der Waals surface area contributed by atoms with Gasteiger partial charge in [0.25, 0.3) is 0 Å². The molecular weight excluding hydrogens is 358 g/mol. The number of thioether (sulfide) groups is 1. The highest BCUT2D eigenvalue weighted by Crippen LogP contribution is 2.42. The molecule has 0 atom stereocenters. The van der Waals surface area contributed by atoms with Crippen molar-refractivity contribution in [2.24, 2.45) is 4.99 Å². The van der Waals surface area contributed by atoms with Crippen LogP contribution in [0.25, 0.3) is 0 Å². The second-order valence-corrected chi connectivity index (χ2v) is 9.34.